The van der Waals surface area contributed by atoms with Gasteiger partial charge in [0, 0.05) is 70.4 Å². The second-order valence-corrected chi connectivity index (χ2v) is 11.7. The van der Waals surface area contributed by atoms with E-state index in [0.717, 1.165) is 5.82 Å². The molecule has 0 radical (unpaired) electrons. The summed E-state index contributed by atoms with van der Waals surface area (Å²) in [4.78, 5) is 45.2. The number of carbonyl (C=O) groups excluding carboxylic acids is 2. The van der Waals surface area contributed by atoms with E-state index in [1.54, 1.807) is 17.3 Å². The lowest BCUT2D eigenvalue weighted by molar-refractivity contribution is -0.154. The molecule has 1 aromatic heterocycles. The summed E-state index contributed by atoms with van der Waals surface area (Å²) in [7, 11) is 0. The Morgan fingerprint density at radius 1 is 1.03 bits per heavy atom. The topological polar surface area (TPSA) is 99.6 Å². The van der Waals surface area contributed by atoms with Crippen LogP contribution >= 0.6 is 11.6 Å². The van der Waals surface area contributed by atoms with E-state index in [-0.39, 0.29) is 11.3 Å². The number of nitrogens with one attached hydrogen (secondary N) is 1. The lowest BCUT2D eigenvalue weighted by atomic mass is 9.87. The van der Waals surface area contributed by atoms with Crippen LogP contribution in [0.2, 0.25) is 5.02 Å². The Hall–Kier alpha value is -3.37. The number of carbonyl (C=O) groups is 2. The number of hydrogen-bond acceptors (Lipinski definition) is 8. The van der Waals surface area contributed by atoms with E-state index in [0.29, 0.717) is 75.0 Å². The number of aromatic nitrogens is 1. The highest BCUT2D eigenvalue weighted by Crippen LogP contribution is 2.35. The van der Waals surface area contributed by atoms with E-state index in [9.17, 15) is 9.59 Å². The average Bonchev–Trinajstić information content (AvgIpc) is 3.33. The molecule has 0 saturated carbocycles. The Balaban J connectivity index is 1.06. The van der Waals surface area contributed by atoms with E-state index < -0.39 is 11.7 Å². The van der Waals surface area contributed by atoms with Crippen LogP contribution in [-0.2, 0) is 19.9 Å². The first kappa shape index (κ1) is 27.2. The van der Waals surface area contributed by atoms with E-state index in [1.807, 2.05) is 35.2 Å². The predicted octanol–water partition coefficient (Wildman–Crippen LogP) is 4.46. The van der Waals surface area contributed by atoms with Crippen molar-refractivity contribution in [1.29, 1.82) is 0 Å². The highest BCUT2D eigenvalue weighted by molar-refractivity contribution is 6.39. The number of nitrogens with zero attached hydrogens (tertiary/aromatic N) is 5. The monoisotopic (exact) mass is 554 g/mol. The average molecular weight is 555 g/mol. The maximum atomic E-state index is 13.2. The minimum Gasteiger partial charge on any atom is -0.388 e. The third-order valence-electron chi connectivity index (χ3n) is 7.53. The van der Waals surface area contributed by atoms with Gasteiger partial charge in [-0.2, -0.15) is 0 Å². The molecule has 11 heteroatoms. The van der Waals surface area contributed by atoms with Gasteiger partial charge in [0.25, 0.3) is 5.91 Å². The molecule has 0 aliphatic carbocycles. The van der Waals surface area contributed by atoms with Crippen LogP contribution < -0.4 is 10.2 Å². The number of benzene rings is 1. The van der Waals surface area contributed by atoms with Crippen molar-refractivity contribution >= 4 is 40.8 Å². The molecule has 4 heterocycles. The van der Waals surface area contributed by atoms with Gasteiger partial charge >= 0.3 is 6.09 Å². The largest absolute Gasteiger partial charge is 0.430 e. The quantitative estimate of drug-likeness (QED) is 0.596. The Kier molecular flexibility index (Phi) is 7.68. The van der Waals surface area contributed by atoms with Crippen molar-refractivity contribution in [3.05, 3.63) is 53.2 Å². The summed E-state index contributed by atoms with van der Waals surface area (Å²) in [5.74, 6) is 0.655. The maximum absolute atomic E-state index is 13.2. The van der Waals surface area contributed by atoms with Crippen LogP contribution in [0.1, 0.15) is 45.6 Å². The number of oxime groups is 1. The Bertz CT molecular complexity index is 1230. The van der Waals surface area contributed by atoms with Crippen LogP contribution in [0.5, 0.6) is 0 Å². The van der Waals surface area contributed by atoms with Gasteiger partial charge in [0.15, 0.2) is 0 Å². The minimum atomic E-state index is -0.534. The van der Waals surface area contributed by atoms with E-state index in [4.69, 9.17) is 21.3 Å². The highest BCUT2D eigenvalue weighted by atomic mass is 35.5. The van der Waals surface area contributed by atoms with Gasteiger partial charge in [0.1, 0.15) is 17.1 Å². The Morgan fingerprint density at radius 3 is 2.36 bits per heavy atom. The number of hydroxylamine groups is 2. The number of piperidine rings is 1. The molecule has 1 N–H and O–H groups in total. The molecule has 0 bridgehead atoms. The summed E-state index contributed by atoms with van der Waals surface area (Å²) in [5.41, 5.74) is 1.83. The Morgan fingerprint density at radius 2 is 1.72 bits per heavy atom. The lowest BCUT2D eigenvalue weighted by Crippen LogP contribution is -2.51. The zero-order valence-corrected chi connectivity index (χ0v) is 23.4. The van der Waals surface area contributed by atoms with Crippen LogP contribution in [-0.4, -0.2) is 77.5 Å². The van der Waals surface area contributed by atoms with E-state index >= 15 is 0 Å². The summed E-state index contributed by atoms with van der Waals surface area (Å²) in [5, 5.41) is 9.21. The lowest BCUT2D eigenvalue weighted by Gasteiger charge is -2.36. The van der Waals surface area contributed by atoms with Crippen LogP contribution in [0.4, 0.5) is 16.3 Å². The number of rotatable bonds is 4. The van der Waals surface area contributed by atoms with E-state index in [1.165, 1.54) is 5.56 Å². The summed E-state index contributed by atoms with van der Waals surface area (Å²) >= 11 is 6.28. The second kappa shape index (κ2) is 11.0. The van der Waals surface area contributed by atoms with Gasteiger partial charge in [0.05, 0.1) is 5.02 Å². The van der Waals surface area contributed by atoms with Crippen molar-refractivity contribution in [2.75, 3.05) is 49.5 Å². The number of hydrogen-bond donors (Lipinski definition) is 1. The fourth-order valence-electron chi connectivity index (χ4n) is 5.11. The molecule has 10 nitrogen and oxygen atoms in total. The molecule has 2 saturated heterocycles. The molecule has 3 aliphatic rings. The number of pyridine rings is 1. The number of piperazine rings is 1. The minimum absolute atomic E-state index is 0.0448. The van der Waals surface area contributed by atoms with Crippen LogP contribution in [0.15, 0.2) is 47.8 Å². The van der Waals surface area contributed by atoms with Crippen molar-refractivity contribution in [3.63, 3.8) is 0 Å². The summed E-state index contributed by atoms with van der Waals surface area (Å²) < 4.78 is 0. The second-order valence-electron chi connectivity index (χ2n) is 11.3. The molecule has 5 rings (SSSR count). The Labute approximate surface area is 233 Å². The van der Waals surface area contributed by atoms with Gasteiger partial charge in [-0.25, -0.2) is 9.78 Å². The zero-order chi connectivity index (χ0) is 27.6. The fraction of sp³-hybridized carbons (Fsp3) is 0.500. The number of halogens is 1. The zero-order valence-electron chi connectivity index (χ0n) is 22.7. The van der Waals surface area contributed by atoms with Crippen molar-refractivity contribution in [2.24, 2.45) is 5.16 Å². The molecule has 3 aliphatic heterocycles. The van der Waals surface area contributed by atoms with E-state index in [2.05, 4.69) is 41.1 Å². The molecule has 2 aromatic rings. The summed E-state index contributed by atoms with van der Waals surface area (Å²) in [6.45, 7) is 9.86. The maximum Gasteiger partial charge on any atom is 0.430 e. The molecular formula is C28H35ClN6O4. The van der Waals surface area contributed by atoms with Gasteiger partial charge in [0.2, 0.25) is 0 Å². The standard InChI is InChI=1S/C28H35ClN6O4/c1-27(2,3)20-6-8-21(9-7-20)31-26(37)38-35-13-10-28(11-14-35)19-23(32-39-28)25(36)34-17-15-33(16-18-34)24-22(29)5-4-12-30-24/h4-9,12H,10-11,13-19H2,1-3H3,(H,31,37). The highest BCUT2D eigenvalue weighted by Gasteiger charge is 2.45. The van der Waals surface area contributed by atoms with Gasteiger partial charge < -0.3 is 19.5 Å². The van der Waals surface area contributed by atoms with Crippen LogP contribution in [0, 0.1) is 0 Å². The molecule has 39 heavy (non-hydrogen) atoms. The molecule has 0 atom stereocenters. The van der Waals surface area contributed by atoms with Gasteiger partial charge in [-0.05, 0) is 35.2 Å². The van der Waals surface area contributed by atoms with Crippen molar-refractivity contribution in [1.82, 2.24) is 14.9 Å². The molecule has 1 spiro atoms. The van der Waals surface area contributed by atoms with Gasteiger partial charge in [-0.3, -0.25) is 10.1 Å². The van der Waals surface area contributed by atoms with Gasteiger partial charge in [-0.1, -0.05) is 49.7 Å². The third kappa shape index (κ3) is 6.28. The first-order valence-electron chi connectivity index (χ1n) is 13.4. The number of anilines is 2. The van der Waals surface area contributed by atoms with Gasteiger partial charge in [-0.15, -0.1) is 5.06 Å². The fourth-order valence-corrected chi connectivity index (χ4v) is 5.36. The summed E-state index contributed by atoms with van der Waals surface area (Å²) in [6, 6.07) is 11.4. The molecule has 1 aromatic carbocycles. The first-order valence-corrected chi connectivity index (χ1v) is 13.7. The first-order chi connectivity index (χ1) is 18.6. The molecule has 208 valence electrons. The number of amides is 2. The molecule has 2 amide bonds. The smallest absolute Gasteiger partial charge is 0.388 e. The van der Waals surface area contributed by atoms with Crippen molar-refractivity contribution in [2.45, 2.75) is 51.0 Å². The summed E-state index contributed by atoms with van der Waals surface area (Å²) in [6.07, 6.45) is 2.86. The predicted molar refractivity (Wildman–Crippen MR) is 150 cm³/mol. The van der Waals surface area contributed by atoms with Crippen LogP contribution in [0.25, 0.3) is 0 Å². The normalized spacial score (nSPS) is 19.4. The van der Waals surface area contributed by atoms with Crippen LogP contribution in [0.3, 0.4) is 0 Å². The molecular weight excluding hydrogens is 520 g/mol. The molecule has 2 fully saturated rings. The van der Waals surface area contributed by atoms with Crippen molar-refractivity contribution in [3.8, 4) is 0 Å². The SMILES string of the molecule is CC(C)(C)c1ccc(NC(=O)ON2CCC3(CC2)CC(C(=O)N2CCN(c4ncccc4Cl)CC2)=NO3)cc1. The molecule has 0 unspecified atom stereocenters. The van der Waals surface area contributed by atoms with Crippen molar-refractivity contribution < 1.29 is 19.3 Å². The third-order valence-corrected chi connectivity index (χ3v) is 7.83.